The number of hydrogen-bond donors (Lipinski definition) is 2. The van der Waals surface area contributed by atoms with Crippen molar-refractivity contribution in [2.45, 2.75) is 0 Å². The van der Waals surface area contributed by atoms with Crippen LogP contribution in [0.4, 0.5) is 5.69 Å². The zero-order valence-corrected chi connectivity index (χ0v) is 17.9. The van der Waals surface area contributed by atoms with Crippen LogP contribution in [0.15, 0.2) is 44.9 Å². The third-order valence-electron chi connectivity index (χ3n) is 5.12. The predicted molar refractivity (Wildman–Crippen MR) is 122 cm³/mol. The van der Waals surface area contributed by atoms with Gasteiger partial charge in [-0.2, -0.15) is 0 Å². The van der Waals surface area contributed by atoms with E-state index in [0.717, 1.165) is 52.7 Å². The van der Waals surface area contributed by atoms with E-state index < -0.39 is 11.2 Å². The number of nitrogens with one attached hydrogen (secondary N) is 1. The largest absolute Gasteiger partial charge is 0.494 e. The van der Waals surface area contributed by atoms with Gasteiger partial charge >= 0.3 is 5.69 Å². The molecule has 2 N–H and O–H groups in total. The first-order valence-electron chi connectivity index (χ1n) is 9.70. The molecule has 0 radical (unpaired) electrons. The second kappa shape index (κ2) is 9.68. The number of aliphatic imine (C=N–C) groups is 1. The number of piperazine rings is 1. The summed E-state index contributed by atoms with van der Waals surface area (Å²) in [4.78, 5) is 32.6. The number of hydrogen-bond acceptors (Lipinski definition) is 6. The van der Waals surface area contributed by atoms with Crippen molar-refractivity contribution in [3.05, 3.63) is 56.7 Å². The van der Waals surface area contributed by atoms with Crippen LogP contribution in [-0.2, 0) is 14.1 Å². The number of anilines is 1. The highest BCUT2D eigenvalue weighted by Crippen LogP contribution is 2.09. The molecule has 9 nitrogen and oxygen atoms in total. The van der Waals surface area contributed by atoms with Crippen molar-refractivity contribution in [3.8, 4) is 5.88 Å². The van der Waals surface area contributed by atoms with Crippen LogP contribution in [0.2, 0.25) is 0 Å². The average Bonchev–Trinajstić information content (AvgIpc) is 2.77. The number of aromatic nitrogens is 2. The molecule has 1 aliphatic heterocycles. The van der Waals surface area contributed by atoms with Crippen LogP contribution in [0.3, 0.4) is 0 Å². The van der Waals surface area contributed by atoms with E-state index in [1.165, 1.54) is 20.3 Å². The standard InChI is InChI=1S/C20H26N6O3S/c1-23-17(27)16(18(28)24(2)20(23)29)14-21-8-9-25-10-12-26(13-11-25)19(30)22-15-6-4-3-5-7-15/h3-7,14,27H,8-13H2,1-2H3,(H,22,30). The van der Waals surface area contributed by atoms with Crippen LogP contribution in [0, 0.1) is 0 Å². The fraction of sp³-hybridized carbons (Fsp3) is 0.400. The first-order chi connectivity index (χ1) is 14.4. The van der Waals surface area contributed by atoms with Crippen LogP contribution in [0.5, 0.6) is 5.88 Å². The highest BCUT2D eigenvalue weighted by molar-refractivity contribution is 7.80. The molecule has 3 rings (SSSR count). The van der Waals surface area contributed by atoms with Gasteiger partial charge in [-0.3, -0.25) is 23.8 Å². The Morgan fingerprint density at radius 2 is 1.80 bits per heavy atom. The third kappa shape index (κ3) is 4.95. The molecule has 2 heterocycles. The molecule has 0 unspecified atom stereocenters. The van der Waals surface area contributed by atoms with Gasteiger partial charge in [0.25, 0.3) is 5.56 Å². The predicted octanol–water partition coefficient (Wildman–Crippen LogP) is 0.223. The first kappa shape index (κ1) is 21.7. The van der Waals surface area contributed by atoms with Crippen molar-refractivity contribution < 1.29 is 5.11 Å². The first-order valence-corrected chi connectivity index (χ1v) is 10.1. The van der Waals surface area contributed by atoms with Crippen LogP contribution < -0.4 is 16.6 Å². The van der Waals surface area contributed by atoms with Gasteiger partial charge in [0.15, 0.2) is 5.11 Å². The van der Waals surface area contributed by atoms with E-state index in [-0.39, 0.29) is 11.4 Å². The van der Waals surface area contributed by atoms with Crippen molar-refractivity contribution in [2.24, 2.45) is 19.1 Å². The zero-order chi connectivity index (χ0) is 21.7. The topological polar surface area (TPSA) is 95.1 Å². The van der Waals surface area contributed by atoms with E-state index in [1.807, 2.05) is 30.3 Å². The van der Waals surface area contributed by atoms with Crippen molar-refractivity contribution in [1.29, 1.82) is 0 Å². The lowest BCUT2D eigenvalue weighted by Crippen LogP contribution is -2.50. The van der Waals surface area contributed by atoms with Gasteiger partial charge in [0, 0.05) is 58.7 Å². The number of nitrogens with zero attached hydrogens (tertiary/aromatic N) is 5. The van der Waals surface area contributed by atoms with E-state index in [2.05, 4.69) is 20.1 Å². The molecule has 0 saturated carbocycles. The van der Waals surface area contributed by atoms with E-state index in [1.54, 1.807) is 0 Å². The lowest BCUT2D eigenvalue weighted by atomic mass is 10.3. The summed E-state index contributed by atoms with van der Waals surface area (Å²) in [6.07, 6.45) is 1.34. The number of benzene rings is 1. The smallest absolute Gasteiger partial charge is 0.333 e. The summed E-state index contributed by atoms with van der Waals surface area (Å²) >= 11 is 5.50. The Morgan fingerprint density at radius 3 is 2.47 bits per heavy atom. The monoisotopic (exact) mass is 430 g/mol. The molecule has 30 heavy (non-hydrogen) atoms. The quantitative estimate of drug-likeness (QED) is 0.518. The molecule has 0 bridgehead atoms. The highest BCUT2D eigenvalue weighted by atomic mass is 32.1. The van der Waals surface area contributed by atoms with Gasteiger partial charge in [0.2, 0.25) is 5.88 Å². The molecule has 2 aromatic rings. The highest BCUT2D eigenvalue weighted by Gasteiger charge is 2.18. The molecule has 1 aromatic carbocycles. The summed E-state index contributed by atoms with van der Waals surface area (Å²) in [7, 11) is 2.78. The van der Waals surface area contributed by atoms with Crippen LogP contribution >= 0.6 is 12.2 Å². The van der Waals surface area contributed by atoms with Crippen LogP contribution in [0.1, 0.15) is 5.56 Å². The van der Waals surface area contributed by atoms with Crippen molar-refractivity contribution in [1.82, 2.24) is 18.9 Å². The Labute approximate surface area is 179 Å². The van der Waals surface area contributed by atoms with Gasteiger partial charge < -0.3 is 15.3 Å². The maximum Gasteiger partial charge on any atom is 0.333 e. The molecule has 0 amide bonds. The molecular formula is C20H26N6O3S. The molecule has 0 atom stereocenters. The molecule has 0 aliphatic carbocycles. The van der Waals surface area contributed by atoms with Crippen LogP contribution in [0.25, 0.3) is 0 Å². The third-order valence-corrected chi connectivity index (χ3v) is 5.48. The lowest BCUT2D eigenvalue weighted by Gasteiger charge is -2.36. The molecule has 1 aliphatic rings. The molecule has 160 valence electrons. The van der Waals surface area contributed by atoms with Crippen molar-refractivity contribution in [2.75, 3.05) is 44.6 Å². The summed E-state index contributed by atoms with van der Waals surface area (Å²) in [6.45, 7) is 4.58. The maximum atomic E-state index is 12.2. The fourth-order valence-electron chi connectivity index (χ4n) is 3.23. The summed E-state index contributed by atoms with van der Waals surface area (Å²) in [5, 5.41) is 14.0. The van der Waals surface area contributed by atoms with E-state index >= 15 is 0 Å². The minimum atomic E-state index is -0.577. The molecule has 1 saturated heterocycles. The van der Waals surface area contributed by atoms with Gasteiger partial charge in [0.1, 0.15) is 5.56 Å². The number of aromatic hydroxyl groups is 1. The van der Waals surface area contributed by atoms with E-state index in [4.69, 9.17) is 12.2 Å². The Bertz CT molecular complexity index is 1040. The van der Waals surface area contributed by atoms with E-state index in [0.29, 0.717) is 6.54 Å². The normalized spacial score (nSPS) is 14.9. The van der Waals surface area contributed by atoms with Crippen molar-refractivity contribution in [3.63, 3.8) is 0 Å². The second-order valence-electron chi connectivity index (χ2n) is 7.10. The summed E-state index contributed by atoms with van der Waals surface area (Å²) in [5.41, 5.74) is -0.145. The SMILES string of the molecule is Cn1c(O)c(C=NCCN2CCN(C(=S)Nc3ccccc3)CC2)c(=O)n(C)c1=O. The van der Waals surface area contributed by atoms with Gasteiger partial charge in [-0.15, -0.1) is 0 Å². The number of rotatable bonds is 5. The lowest BCUT2D eigenvalue weighted by molar-refractivity contribution is 0.188. The van der Waals surface area contributed by atoms with Gasteiger partial charge in [0.05, 0.1) is 6.54 Å². The second-order valence-corrected chi connectivity index (χ2v) is 7.49. The molecular weight excluding hydrogens is 404 g/mol. The zero-order valence-electron chi connectivity index (χ0n) is 17.1. The van der Waals surface area contributed by atoms with Gasteiger partial charge in [-0.1, -0.05) is 18.2 Å². The Kier molecular flexibility index (Phi) is 7.01. The average molecular weight is 431 g/mol. The maximum absolute atomic E-state index is 12.2. The summed E-state index contributed by atoms with van der Waals surface area (Å²) in [5.74, 6) is -0.375. The molecule has 1 fully saturated rings. The minimum Gasteiger partial charge on any atom is -0.494 e. The Hall–Kier alpha value is -2.98. The molecule has 10 heteroatoms. The Balaban J connectivity index is 1.48. The van der Waals surface area contributed by atoms with E-state index in [9.17, 15) is 14.7 Å². The molecule has 0 spiro atoms. The Morgan fingerprint density at radius 1 is 1.13 bits per heavy atom. The van der Waals surface area contributed by atoms with Crippen LogP contribution in [-0.4, -0.2) is 74.6 Å². The number of para-hydroxylation sites is 1. The summed E-state index contributed by atoms with van der Waals surface area (Å²) < 4.78 is 1.97. The molecule has 1 aromatic heterocycles. The van der Waals surface area contributed by atoms with Gasteiger partial charge in [-0.05, 0) is 24.4 Å². The summed E-state index contributed by atoms with van der Waals surface area (Å²) in [6, 6.07) is 9.86. The minimum absolute atomic E-state index is 0.0155. The van der Waals surface area contributed by atoms with Gasteiger partial charge in [-0.25, -0.2) is 4.79 Å². The van der Waals surface area contributed by atoms with Crippen molar-refractivity contribution >= 4 is 29.2 Å². The number of thiocarbonyl (C=S) groups is 1. The fourth-order valence-corrected chi connectivity index (χ4v) is 3.53.